The second kappa shape index (κ2) is 7.14. The Labute approximate surface area is 160 Å². The van der Waals surface area contributed by atoms with Crippen molar-refractivity contribution in [2.45, 2.75) is 18.2 Å². The Hall–Kier alpha value is -3.10. The Morgan fingerprint density at radius 2 is 1.86 bits per heavy atom. The van der Waals surface area contributed by atoms with E-state index in [9.17, 15) is 19.5 Å². The minimum absolute atomic E-state index is 0.193. The Kier molecular flexibility index (Phi) is 4.66. The molecule has 4 unspecified atom stereocenters. The van der Waals surface area contributed by atoms with E-state index in [1.54, 1.807) is 24.4 Å². The molecule has 0 spiro atoms. The van der Waals surface area contributed by atoms with Crippen LogP contribution < -0.4 is 10.6 Å². The first-order valence-electron chi connectivity index (χ1n) is 8.91. The molecule has 0 aliphatic carbocycles. The van der Waals surface area contributed by atoms with E-state index in [1.807, 2.05) is 30.3 Å². The van der Waals surface area contributed by atoms with Crippen LogP contribution in [0.1, 0.15) is 17.3 Å². The molecule has 2 saturated heterocycles. The summed E-state index contributed by atoms with van der Waals surface area (Å²) in [6.45, 7) is -0.0683. The maximum Gasteiger partial charge on any atom is 0.327 e. The van der Waals surface area contributed by atoms with E-state index in [-0.39, 0.29) is 13.2 Å². The lowest BCUT2D eigenvalue weighted by atomic mass is 9.80. The second-order valence-corrected chi connectivity index (χ2v) is 6.99. The number of carboxylic acid groups (broad SMARTS) is 1. The number of amides is 2. The van der Waals surface area contributed by atoms with Gasteiger partial charge in [-0.05, 0) is 17.7 Å². The average molecular weight is 381 g/mol. The number of pyridine rings is 1. The number of carbonyl (C=O) groups is 3. The van der Waals surface area contributed by atoms with Gasteiger partial charge in [0.1, 0.15) is 0 Å². The SMILES string of the molecule is O=C1NC(=O)C2C1C(c1ccccn1)NC2(COCc1ccccc1)C(=O)O. The van der Waals surface area contributed by atoms with E-state index < -0.39 is 41.2 Å². The van der Waals surface area contributed by atoms with Gasteiger partial charge in [-0.3, -0.25) is 30.0 Å². The molecule has 0 bridgehead atoms. The summed E-state index contributed by atoms with van der Waals surface area (Å²) < 4.78 is 5.69. The number of imide groups is 1. The topological polar surface area (TPSA) is 118 Å². The third kappa shape index (κ3) is 2.96. The van der Waals surface area contributed by atoms with Crippen molar-refractivity contribution in [1.29, 1.82) is 0 Å². The molecule has 8 heteroatoms. The highest BCUT2D eigenvalue weighted by molar-refractivity contribution is 6.09. The van der Waals surface area contributed by atoms with Gasteiger partial charge in [-0.1, -0.05) is 36.4 Å². The molecular formula is C20H19N3O5. The number of nitrogens with zero attached hydrogens (tertiary/aromatic N) is 1. The number of benzene rings is 1. The molecule has 8 nitrogen and oxygen atoms in total. The number of rotatable bonds is 6. The van der Waals surface area contributed by atoms with Crippen molar-refractivity contribution >= 4 is 17.8 Å². The van der Waals surface area contributed by atoms with Crippen LogP contribution in [0.25, 0.3) is 0 Å². The van der Waals surface area contributed by atoms with Gasteiger partial charge in [0, 0.05) is 6.20 Å². The molecule has 4 atom stereocenters. The van der Waals surface area contributed by atoms with Crippen molar-refractivity contribution in [3.05, 3.63) is 66.0 Å². The monoisotopic (exact) mass is 381 g/mol. The van der Waals surface area contributed by atoms with E-state index in [4.69, 9.17) is 4.74 Å². The molecule has 3 heterocycles. The zero-order chi connectivity index (χ0) is 19.7. The molecule has 0 radical (unpaired) electrons. The summed E-state index contributed by atoms with van der Waals surface area (Å²) in [5, 5.41) is 15.3. The van der Waals surface area contributed by atoms with Gasteiger partial charge in [-0.15, -0.1) is 0 Å². The van der Waals surface area contributed by atoms with Crippen molar-refractivity contribution in [2.75, 3.05) is 6.61 Å². The number of nitrogens with one attached hydrogen (secondary N) is 2. The van der Waals surface area contributed by atoms with Crippen LogP contribution in [0.4, 0.5) is 0 Å². The van der Waals surface area contributed by atoms with E-state index in [2.05, 4.69) is 15.6 Å². The smallest absolute Gasteiger partial charge is 0.327 e. The van der Waals surface area contributed by atoms with Crippen LogP contribution in [-0.2, 0) is 25.7 Å². The molecule has 1 aromatic heterocycles. The first-order valence-corrected chi connectivity index (χ1v) is 8.91. The molecule has 4 rings (SSSR count). The number of fused-ring (bicyclic) bond motifs is 1. The summed E-state index contributed by atoms with van der Waals surface area (Å²) in [6, 6.07) is 13.8. The van der Waals surface area contributed by atoms with E-state index in [1.165, 1.54) is 0 Å². The van der Waals surface area contributed by atoms with Gasteiger partial charge < -0.3 is 9.84 Å². The fourth-order valence-electron chi connectivity index (χ4n) is 4.04. The molecule has 28 heavy (non-hydrogen) atoms. The zero-order valence-corrected chi connectivity index (χ0v) is 14.9. The summed E-state index contributed by atoms with van der Waals surface area (Å²) in [4.78, 5) is 41.4. The number of aromatic nitrogens is 1. The molecule has 2 aliphatic rings. The number of carboxylic acids is 1. The third-order valence-electron chi connectivity index (χ3n) is 5.32. The predicted octanol–water partition coefficient (Wildman–Crippen LogP) is 0.655. The quantitative estimate of drug-likeness (QED) is 0.629. The molecule has 2 aromatic rings. The van der Waals surface area contributed by atoms with Gasteiger partial charge in [-0.2, -0.15) is 0 Å². The minimum atomic E-state index is -1.72. The van der Waals surface area contributed by atoms with E-state index >= 15 is 0 Å². The highest BCUT2D eigenvalue weighted by Gasteiger charge is 2.67. The van der Waals surface area contributed by atoms with E-state index in [0.717, 1.165) is 5.56 Å². The minimum Gasteiger partial charge on any atom is -0.480 e. The second-order valence-electron chi connectivity index (χ2n) is 6.99. The summed E-state index contributed by atoms with van der Waals surface area (Å²) in [7, 11) is 0. The number of hydrogen-bond donors (Lipinski definition) is 3. The van der Waals surface area contributed by atoms with Gasteiger partial charge >= 0.3 is 5.97 Å². The van der Waals surface area contributed by atoms with Crippen LogP contribution in [0, 0.1) is 11.8 Å². The predicted molar refractivity (Wildman–Crippen MR) is 96.7 cm³/mol. The number of aliphatic carboxylic acids is 1. The van der Waals surface area contributed by atoms with Crippen LogP contribution >= 0.6 is 0 Å². The first-order chi connectivity index (χ1) is 13.5. The Morgan fingerprint density at radius 1 is 1.11 bits per heavy atom. The van der Waals surface area contributed by atoms with Crippen molar-refractivity contribution in [3.8, 4) is 0 Å². The van der Waals surface area contributed by atoms with Crippen LogP contribution in [-0.4, -0.2) is 40.0 Å². The lowest BCUT2D eigenvalue weighted by Crippen LogP contribution is -2.58. The summed E-state index contributed by atoms with van der Waals surface area (Å²) in [6.07, 6.45) is 1.56. The Bertz CT molecular complexity index is 905. The largest absolute Gasteiger partial charge is 0.480 e. The summed E-state index contributed by atoms with van der Waals surface area (Å²) in [5.41, 5.74) is -0.336. The first kappa shape index (κ1) is 18.3. The number of hydrogen-bond acceptors (Lipinski definition) is 6. The van der Waals surface area contributed by atoms with Crippen LogP contribution in [0.15, 0.2) is 54.7 Å². The Balaban J connectivity index is 1.64. The molecule has 2 aliphatic heterocycles. The van der Waals surface area contributed by atoms with Crippen LogP contribution in [0.5, 0.6) is 0 Å². The highest BCUT2D eigenvalue weighted by Crippen LogP contribution is 2.46. The van der Waals surface area contributed by atoms with Crippen molar-refractivity contribution < 1.29 is 24.2 Å². The van der Waals surface area contributed by atoms with Crippen LogP contribution in [0.2, 0.25) is 0 Å². The molecule has 3 N–H and O–H groups in total. The van der Waals surface area contributed by atoms with Crippen LogP contribution in [0.3, 0.4) is 0 Å². The van der Waals surface area contributed by atoms with Crippen molar-refractivity contribution in [3.63, 3.8) is 0 Å². The maximum atomic E-state index is 12.5. The number of ether oxygens (including phenoxy) is 1. The van der Waals surface area contributed by atoms with Gasteiger partial charge in [0.2, 0.25) is 11.8 Å². The molecule has 1 aromatic carbocycles. The van der Waals surface area contributed by atoms with Crippen molar-refractivity contribution in [1.82, 2.24) is 15.6 Å². The maximum absolute atomic E-state index is 12.5. The third-order valence-corrected chi connectivity index (χ3v) is 5.32. The van der Waals surface area contributed by atoms with Gasteiger partial charge in [0.15, 0.2) is 5.54 Å². The molecule has 2 amide bonds. The molecule has 2 fully saturated rings. The normalized spacial score (nSPS) is 28.8. The standard InChI is InChI=1S/C20H19N3O5/c24-17-14-15(18(25)22-17)20(19(26)27,11-28-10-12-6-2-1-3-7-12)23-16(14)13-8-4-5-9-21-13/h1-9,14-16,23H,10-11H2,(H,26,27)(H,22,24,25). The van der Waals surface area contributed by atoms with Gasteiger partial charge in [0.05, 0.1) is 36.8 Å². The number of carbonyl (C=O) groups excluding carboxylic acids is 2. The van der Waals surface area contributed by atoms with Gasteiger partial charge in [-0.25, -0.2) is 0 Å². The van der Waals surface area contributed by atoms with Crippen molar-refractivity contribution in [2.24, 2.45) is 11.8 Å². The highest BCUT2D eigenvalue weighted by atomic mass is 16.5. The fourth-order valence-corrected chi connectivity index (χ4v) is 4.04. The summed E-state index contributed by atoms with van der Waals surface area (Å²) >= 11 is 0. The fraction of sp³-hybridized carbons (Fsp3) is 0.300. The van der Waals surface area contributed by atoms with E-state index in [0.29, 0.717) is 5.69 Å². The lowest BCUT2D eigenvalue weighted by Gasteiger charge is -2.29. The molecule has 144 valence electrons. The zero-order valence-electron chi connectivity index (χ0n) is 14.9. The average Bonchev–Trinajstić information content (AvgIpc) is 3.21. The molecular weight excluding hydrogens is 362 g/mol. The summed E-state index contributed by atoms with van der Waals surface area (Å²) in [5.74, 6) is -4.28. The van der Waals surface area contributed by atoms with Gasteiger partial charge in [0.25, 0.3) is 0 Å². The Morgan fingerprint density at radius 3 is 2.54 bits per heavy atom. The lowest BCUT2D eigenvalue weighted by molar-refractivity contribution is -0.152. The molecule has 0 saturated carbocycles.